The van der Waals surface area contributed by atoms with Gasteiger partial charge in [0.15, 0.2) is 11.6 Å². The molecule has 96 valence electrons. The first-order valence-electron chi connectivity index (χ1n) is 5.21. The van der Waals surface area contributed by atoms with E-state index in [4.69, 9.17) is 4.74 Å². The molecule has 0 spiro atoms. The van der Waals surface area contributed by atoms with Crippen LogP contribution in [0.2, 0.25) is 0 Å². The zero-order chi connectivity index (χ0) is 13.2. The second kappa shape index (κ2) is 4.77. The molecule has 0 aliphatic carbocycles. The van der Waals surface area contributed by atoms with Gasteiger partial charge in [-0.25, -0.2) is 21.8 Å². The van der Waals surface area contributed by atoms with Crippen molar-refractivity contribution in [3.05, 3.63) is 42.7 Å². The Morgan fingerprint density at radius 2 is 2.22 bits per heavy atom. The van der Waals surface area contributed by atoms with Crippen molar-refractivity contribution < 1.29 is 17.5 Å². The fourth-order valence-corrected chi connectivity index (χ4v) is 2.55. The summed E-state index contributed by atoms with van der Waals surface area (Å²) in [7, 11) is -3.75. The summed E-state index contributed by atoms with van der Waals surface area (Å²) >= 11 is 0. The lowest BCUT2D eigenvalue weighted by Gasteiger charge is -2.08. The van der Waals surface area contributed by atoms with Crippen molar-refractivity contribution >= 4 is 10.0 Å². The highest BCUT2D eigenvalue weighted by Gasteiger charge is 2.18. The first-order chi connectivity index (χ1) is 8.55. The van der Waals surface area contributed by atoms with Crippen LogP contribution < -0.4 is 4.74 Å². The minimum absolute atomic E-state index is 0.0506. The quantitative estimate of drug-likeness (QED) is 0.847. The lowest BCUT2D eigenvalue weighted by atomic mass is 10.3. The molecule has 0 saturated carbocycles. The molecule has 0 aliphatic rings. The maximum atomic E-state index is 13.3. The first-order valence-corrected chi connectivity index (χ1v) is 6.65. The van der Waals surface area contributed by atoms with E-state index in [1.54, 1.807) is 6.92 Å². The number of aromatic nitrogens is 2. The van der Waals surface area contributed by atoms with Gasteiger partial charge in [-0.15, -0.1) is 0 Å². The van der Waals surface area contributed by atoms with E-state index in [9.17, 15) is 12.8 Å². The van der Waals surface area contributed by atoms with Crippen LogP contribution in [-0.2, 0) is 10.0 Å². The van der Waals surface area contributed by atoms with Crippen LogP contribution in [-0.4, -0.2) is 24.0 Å². The molecule has 1 heterocycles. The average molecular weight is 270 g/mol. The van der Waals surface area contributed by atoms with Gasteiger partial charge in [-0.1, -0.05) is 0 Å². The van der Waals surface area contributed by atoms with Crippen LogP contribution in [0.15, 0.2) is 41.8 Å². The molecule has 0 saturated heterocycles. The maximum absolute atomic E-state index is 13.3. The molecule has 2 aromatic rings. The number of rotatable bonds is 4. The van der Waals surface area contributed by atoms with Gasteiger partial charge in [0.2, 0.25) is 0 Å². The fraction of sp³-hybridized carbons (Fsp3) is 0.182. The predicted molar refractivity (Wildman–Crippen MR) is 62.4 cm³/mol. The Morgan fingerprint density at radius 1 is 1.44 bits per heavy atom. The summed E-state index contributed by atoms with van der Waals surface area (Å²) in [5.74, 6) is -0.680. The monoisotopic (exact) mass is 270 g/mol. The first kappa shape index (κ1) is 12.6. The van der Waals surface area contributed by atoms with Crippen molar-refractivity contribution in [1.82, 2.24) is 8.96 Å². The molecular weight excluding hydrogens is 259 g/mol. The molecule has 1 aromatic heterocycles. The number of benzene rings is 1. The zero-order valence-electron chi connectivity index (χ0n) is 9.58. The number of hydrogen-bond acceptors (Lipinski definition) is 4. The minimum Gasteiger partial charge on any atom is -0.491 e. The highest BCUT2D eigenvalue weighted by atomic mass is 32.2. The van der Waals surface area contributed by atoms with Crippen molar-refractivity contribution in [3.63, 3.8) is 0 Å². The summed E-state index contributed by atoms with van der Waals surface area (Å²) in [5.41, 5.74) is 0. The molecule has 0 fully saturated rings. The molecule has 0 atom stereocenters. The van der Waals surface area contributed by atoms with Crippen molar-refractivity contribution in [1.29, 1.82) is 0 Å². The molecule has 5 nitrogen and oxygen atoms in total. The van der Waals surface area contributed by atoms with E-state index in [1.165, 1.54) is 24.8 Å². The van der Waals surface area contributed by atoms with Crippen LogP contribution in [0.3, 0.4) is 0 Å². The Morgan fingerprint density at radius 3 is 2.83 bits per heavy atom. The normalized spacial score (nSPS) is 11.4. The summed E-state index contributed by atoms with van der Waals surface area (Å²) in [4.78, 5) is 3.62. The highest BCUT2D eigenvalue weighted by Crippen LogP contribution is 2.23. The molecule has 0 bridgehead atoms. The molecule has 0 radical (unpaired) electrons. The van der Waals surface area contributed by atoms with E-state index in [1.807, 2.05) is 0 Å². The van der Waals surface area contributed by atoms with Gasteiger partial charge >= 0.3 is 0 Å². The number of hydrogen-bond donors (Lipinski definition) is 0. The number of nitrogens with zero attached hydrogens (tertiary/aromatic N) is 2. The minimum atomic E-state index is -3.75. The van der Waals surface area contributed by atoms with Gasteiger partial charge in [0.25, 0.3) is 10.0 Å². The lowest BCUT2D eigenvalue weighted by Crippen LogP contribution is -2.11. The standard InChI is InChI=1S/C11H11FN2O3S/c1-2-17-11-7-9(3-4-10(11)12)18(15,16)14-6-5-13-8-14/h3-8H,2H2,1H3. The second-order valence-electron chi connectivity index (χ2n) is 3.42. The molecule has 18 heavy (non-hydrogen) atoms. The van der Waals surface area contributed by atoms with Crippen LogP contribution in [0.4, 0.5) is 4.39 Å². The van der Waals surface area contributed by atoms with Gasteiger partial charge in [-0.05, 0) is 19.1 Å². The SMILES string of the molecule is CCOc1cc(S(=O)(=O)n2ccnc2)ccc1F. The fourth-order valence-electron chi connectivity index (χ4n) is 1.42. The Kier molecular flexibility index (Phi) is 3.33. The van der Waals surface area contributed by atoms with Crippen molar-refractivity contribution in [2.75, 3.05) is 6.61 Å². The lowest BCUT2D eigenvalue weighted by molar-refractivity contribution is 0.320. The molecule has 0 unspecified atom stereocenters. The van der Waals surface area contributed by atoms with E-state index >= 15 is 0 Å². The summed E-state index contributed by atoms with van der Waals surface area (Å²) in [6, 6.07) is 3.41. The summed E-state index contributed by atoms with van der Waals surface area (Å²) in [6.07, 6.45) is 3.82. The summed E-state index contributed by atoms with van der Waals surface area (Å²) in [6.45, 7) is 1.95. The van der Waals surface area contributed by atoms with Gasteiger partial charge < -0.3 is 4.74 Å². The van der Waals surface area contributed by atoms with Gasteiger partial charge in [-0.2, -0.15) is 0 Å². The van der Waals surface area contributed by atoms with E-state index in [2.05, 4.69) is 4.98 Å². The molecule has 2 rings (SSSR count). The Bertz CT molecular complexity index is 638. The number of halogens is 1. The van der Waals surface area contributed by atoms with E-state index in [0.29, 0.717) is 0 Å². The highest BCUT2D eigenvalue weighted by molar-refractivity contribution is 7.90. The van der Waals surface area contributed by atoms with Crippen molar-refractivity contribution in [2.45, 2.75) is 11.8 Å². The Balaban J connectivity index is 2.49. The van der Waals surface area contributed by atoms with Gasteiger partial charge in [-0.3, -0.25) is 0 Å². The predicted octanol–water partition coefficient (Wildman–Crippen LogP) is 1.66. The molecule has 7 heteroatoms. The topological polar surface area (TPSA) is 61.2 Å². The maximum Gasteiger partial charge on any atom is 0.269 e. The van der Waals surface area contributed by atoms with E-state index < -0.39 is 15.8 Å². The third-order valence-electron chi connectivity index (χ3n) is 2.26. The molecule has 0 aliphatic heterocycles. The van der Waals surface area contributed by atoms with Crippen LogP contribution in [0.1, 0.15) is 6.92 Å². The van der Waals surface area contributed by atoms with Crippen molar-refractivity contribution in [3.8, 4) is 5.75 Å². The Hall–Kier alpha value is -1.89. The summed E-state index contributed by atoms with van der Waals surface area (Å²) in [5, 5.41) is 0. The van der Waals surface area contributed by atoms with E-state index in [-0.39, 0.29) is 17.3 Å². The second-order valence-corrected chi connectivity index (χ2v) is 5.27. The molecule has 0 N–H and O–H groups in total. The molecule has 1 aromatic carbocycles. The Labute approximate surface area is 104 Å². The van der Waals surface area contributed by atoms with Gasteiger partial charge in [0, 0.05) is 18.5 Å². The zero-order valence-corrected chi connectivity index (χ0v) is 10.4. The average Bonchev–Trinajstić information content (AvgIpc) is 2.86. The summed E-state index contributed by atoms with van der Waals surface area (Å²) < 4.78 is 43.5. The number of ether oxygens (including phenoxy) is 1. The van der Waals surface area contributed by atoms with Crippen LogP contribution in [0.25, 0.3) is 0 Å². The third kappa shape index (κ3) is 2.21. The van der Waals surface area contributed by atoms with Crippen LogP contribution >= 0.6 is 0 Å². The van der Waals surface area contributed by atoms with Crippen LogP contribution in [0.5, 0.6) is 5.75 Å². The molecule has 0 amide bonds. The van der Waals surface area contributed by atoms with Crippen molar-refractivity contribution in [2.24, 2.45) is 0 Å². The van der Waals surface area contributed by atoms with Gasteiger partial charge in [0.1, 0.15) is 6.33 Å². The smallest absolute Gasteiger partial charge is 0.269 e. The van der Waals surface area contributed by atoms with Gasteiger partial charge in [0.05, 0.1) is 11.5 Å². The van der Waals surface area contributed by atoms with E-state index in [0.717, 1.165) is 16.1 Å². The third-order valence-corrected chi connectivity index (χ3v) is 3.88. The number of imidazole rings is 1. The van der Waals surface area contributed by atoms with Crippen LogP contribution in [0, 0.1) is 5.82 Å². The largest absolute Gasteiger partial charge is 0.491 e. The molecular formula is C11H11FN2O3S.